The van der Waals surface area contributed by atoms with Crippen molar-refractivity contribution in [3.8, 4) is 5.75 Å². The minimum Gasteiger partial charge on any atom is -0.486 e. The molecule has 0 atom stereocenters. The third-order valence-corrected chi connectivity index (χ3v) is 4.70. The van der Waals surface area contributed by atoms with E-state index < -0.39 is 5.97 Å². The van der Waals surface area contributed by atoms with Gasteiger partial charge in [0, 0.05) is 19.6 Å². The van der Waals surface area contributed by atoms with Crippen molar-refractivity contribution < 1.29 is 14.6 Å². The average molecular weight is 333 g/mol. The van der Waals surface area contributed by atoms with Crippen LogP contribution in [-0.2, 0) is 6.61 Å². The average Bonchev–Trinajstić information content (AvgIpc) is 2.82. The second-order valence-electron chi connectivity index (χ2n) is 3.38. The highest BCUT2D eigenvalue weighted by molar-refractivity contribution is 9.10. The van der Waals surface area contributed by atoms with Gasteiger partial charge in [0.1, 0.15) is 12.4 Å². The topological polar surface area (TPSA) is 46.5 Å². The van der Waals surface area contributed by atoms with Crippen LogP contribution in [0.3, 0.4) is 0 Å². The standard InChI is InChI=1S/C11H9BrO3S2/c1-6-2-9(10(17-6)11(13)14)15-4-8-3-7(12)5-16-8/h2-3,5H,4H2,1H3,(H,13,14). The number of hydrogen-bond donors (Lipinski definition) is 1. The largest absolute Gasteiger partial charge is 0.486 e. The number of carbonyl (C=O) groups is 1. The lowest BCUT2D eigenvalue weighted by molar-refractivity contribution is 0.0697. The maximum atomic E-state index is 11.0. The van der Waals surface area contributed by atoms with Crippen LogP contribution < -0.4 is 4.74 Å². The molecule has 90 valence electrons. The Morgan fingerprint density at radius 3 is 2.88 bits per heavy atom. The van der Waals surface area contributed by atoms with Gasteiger partial charge in [0.25, 0.3) is 0 Å². The van der Waals surface area contributed by atoms with Crippen LogP contribution in [0.1, 0.15) is 19.4 Å². The molecule has 0 saturated heterocycles. The molecular formula is C11H9BrO3S2. The summed E-state index contributed by atoms with van der Waals surface area (Å²) in [6, 6.07) is 3.72. The minimum absolute atomic E-state index is 0.262. The van der Waals surface area contributed by atoms with Crippen molar-refractivity contribution in [2.45, 2.75) is 13.5 Å². The van der Waals surface area contributed by atoms with Crippen molar-refractivity contribution in [3.05, 3.63) is 36.6 Å². The van der Waals surface area contributed by atoms with Crippen LogP contribution in [0.2, 0.25) is 0 Å². The predicted octanol–water partition coefficient (Wildman–Crippen LogP) is 4.16. The van der Waals surface area contributed by atoms with Gasteiger partial charge < -0.3 is 9.84 Å². The van der Waals surface area contributed by atoms with Gasteiger partial charge in [0.05, 0.1) is 0 Å². The fraction of sp³-hybridized carbons (Fsp3) is 0.182. The lowest BCUT2D eigenvalue weighted by atomic mass is 10.4. The van der Waals surface area contributed by atoms with Gasteiger partial charge in [-0.05, 0) is 35.0 Å². The van der Waals surface area contributed by atoms with Crippen molar-refractivity contribution in [2.75, 3.05) is 0 Å². The number of carboxylic acid groups (broad SMARTS) is 1. The molecule has 2 rings (SSSR count). The molecule has 0 spiro atoms. The van der Waals surface area contributed by atoms with E-state index in [9.17, 15) is 4.79 Å². The quantitative estimate of drug-likeness (QED) is 0.914. The smallest absolute Gasteiger partial charge is 0.349 e. The van der Waals surface area contributed by atoms with Crippen molar-refractivity contribution in [3.63, 3.8) is 0 Å². The van der Waals surface area contributed by atoms with Gasteiger partial charge in [0.2, 0.25) is 0 Å². The van der Waals surface area contributed by atoms with E-state index in [0.29, 0.717) is 12.4 Å². The van der Waals surface area contributed by atoms with E-state index in [2.05, 4.69) is 15.9 Å². The summed E-state index contributed by atoms with van der Waals surface area (Å²) < 4.78 is 6.55. The molecule has 17 heavy (non-hydrogen) atoms. The minimum atomic E-state index is -0.939. The first-order valence-corrected chi connectivity index (χ1v) is 7.24. The highest BCUT2D eigenvalue weighted by atomic mass is 79.9. The highest BCUT2D eigenvalue weighted by Gasteiger charge is 2.15. The number of halogens is 1. The van der Waals surface area contributed by atoms with Gasteiger partial charge >= 0.3 is 5.97 Å². The summed E-state index contributed by atoms with van der Waals surface area (Å²) in [5.74, 6) is -0.491. The molecule has 0 saturated carbocycles. The molecule has 0 radical (unpaired) electrons. The van der Waals surface area contributed by atoms with E-state index in [1.54, 1.807) is 17.4 Å². The molecule has 0 bridgehead atoms. The zero-order valence-corrected chi connectivity index (χ0v) is 12.1. The molecule has 1 N–H and O–H groups in total. The molecule has 6 heteroatoms. The van der Waals surface area contributed by atoms with Gasteiger partial charge in [-0.2, -0.15) is 0 Å². The Labute approximate surface area is 115 Å². The Morgan fingerprint density at radius 2 is 2.29 bits per heavy atom. The van der Waals surface area contributed by atoms with Crippen molar-refractivity contribution in [1.82, 2.24) is 0 Å². The maximum absolute atomic E-state index is 11.0. The lowest BCUT2D eigenvalue weighted by Gasteiger charge is -2.02. The lowest BCUT2D eigenvalue weighted by Crippen LogP contribution is -1.98. The van der Waals surface area contributed by atoms with Gasteiger partial charge in [0.15, 0.2) is 4.88 Å². The van der Waals surface area contributed by atoms with E-state index in [4.69, 9.17) is 9.84 Å². The van der Waals surface area contributed by atoms with Gasteiger partial charge in [-0.15, -0.1) is 22.7 Å². The summed E-state index contributed by atoms with van der Waals surface area (Å²) in [6.07, 6.45) is 0. The summed E-state index contributed by atoms with van der Waals surface area (Å²) >= 11 is 6.17. The Hall–Kier alpha value is -0.850. The first-order chi connectivity index (χ1) is 8.06. The summed E-state index contributed by atoms with van der Waals surface area (Å²) in [4.78, 5) is 13.2. The SMILES string of the molecule is Cc1cc(OCc2cc(Br)cs2)c(C(=O)O)s1. The number of thiophene rings is 2. The normalized spacial score (nSPS) is 10.5. The number of aromatic carboxylic acids is 1. The molecule has 2 aromatic rings. The van der Waals surface area contributed by atoms with Crippen LogP contribution in [0, 0.1) is 6.92 Å². The van der Waals surface area contributed by atoms with Crippen LogP contribution >= 0.6 is 38.6 Å². The summed E-state index contributed by atoms with van der Waals surface area (Å²) in [6.45, 7) is 2.26. The zero-order chi connectivity index (χ0) is 12.4. The van der Waals surface area contributed by atoms with E-state index in [-0.39, 0.29) is 4.88 Å². The summed E-state index contributed by atoms with van der Waals surface area (Å²) in [5.41, 5.74) is 0. The Kier molecular flexibility index (Phi) is 3.86. The second kappa shape index (κ2) is 5.20. The molecule has 2 aromatic heterocycles. The third kappa shape index (κ3) is 3.08. The third-order valence-electron chi connectivity index (χ3n) is 2.01. The number of rotatable bonds is 4. The van der Waals surface area contributed by atoms with E-state index in [1.165, 1.54) is 11.3 Å². The Balaban J connectivity index is 2.11. The predicted molar refractivity (Wildman–Crippen MR) is 72.4 cm³/mol. The highest BCUT2D eigenvalue weighted by Crippen LogP contribution is 2.30. The zero-order valence-electron chi connectivity index (χ0n) is 8.90. The first-order valence-electron chi connectivity index (χ1n) is 4.75. The van der Waals surface area contributed by atoms with Gasteiger partial charge in [-0.1, -0.05) is 0 Å². The van der Waals surface area contributed by atoms with E-state index in [1.807, 2.05) is 18.4 Å². The van der Waals surface area contributed by atoms with E-state index >= 15 is 0 Å². The molecular weight excluding hydrogens is 324 g/mol. The summed E-state index contributed by atoms with van der Waals surface area (Å²) in [7, 11) is 0. The van der Waals surface area contributed by atoms with Crippen LogP contribution in [0.15, 0.2) is 22.0 Å². The van der Waals surface area contributed by atoms with Crippen LogP contribution in [0.5, 0.6) is 5.75 Å². The maximum Gasteiger partial charge on any atom is 0.349 e. The molecule has 2 heterocycles. The summed E-state index contributed by atoms with van der Waals surface area (Å²) in [5, 5.41) is 11.0. The van der Waals surface area contributed by atoms with Crippen molar-refractivity contribution in [2.24, 2.45) is 0 Å². The second-order valence-corrected chi connectivity index (χ2v) is 6.54. The van der Waals surface area contributed by atoms with Crippen molar-refractivity contribution >= 4 is 44.6 Å². The number of ether oxygens (including phenoxy) is 1. The number of carboxylic acids is 1. The van der Waals surface area contributed by atoms with Crippen LogP contribution in [-0.4, -0.2) is 11.1 Å². The molecule has 0 unspecified atom stereocenters. The fourth-order valence-corrected chi connectivity index (χ4v) is 3.48. The van der Waals surface area contributed by atoms with Crippen molar-refractivity contribution in [1.29, 1.82) is 0 Å². The Bertz CT molecular complexity index is 545. The molecule has 0 fully saturated rings. The van der Waals surface area contributed by atoms with Gasteiger partial charge in [-0.3, -0.25) is 0 Å². The van der Waals surface area contributed by atoms with Gasteiger partial charge in [-0.25, -0.2) is 4.79 Å². The molecule has 3 nitrogen and oxygen atoms in total. The van der Waals surface area contributed by atoms with Crippen LogP contribution in [0.4, 0.5) is 0 Å². The van der Waals surface area contributed by atoms with Crippen LogP contribution in [0.25, 0.3) is 0 Å². The van der Waals surface area contributed by atoms with E-state index in [0.717, 1.165) is 14.2 Å². The molecule has 0 aliphatic rings. The molecule has 0 amide bonds. The Morgan fingerprint density at radius 1 is 1.53 bits per heavy atom. The first kappa shape index (κ1) is 12.6. The molecule has 0 aliphatic heterocycles. The number of hydrogen-bond acceptors (Lipinski definition) is 4. The monoisotopic (exact) mass is 332 g/mol. The molecule has 0 aromatic carbocycles. The number of aryl methyl sites for hydroxylation is 1. The molecule has 0 aliphatic carbocycles. The fourth-order valence-electron chi connectivity index (χ4n) is 1.33.